The Kier molecular flexibility index (Phi) is 5.48. The van der Waals surface area contributed by atoms with Gasteiger partial charge < -0.3 is 14.7 Å². The number of hydrogen-bond acceptors (Lipinski definition) is 5. The number of aromatic amines is 2. The summed E-state index contributed by atoms with van der Waals surface area (Å²) >= 11 is 0. The lowest BCUT2D eigenvalue weighted by atomic mass is 10.0. The molecule has 9 heteroatoms. The number of fused-ring (bicyclic) bond motifs is 1. The molecule has 1 fully saturated rings. The van der Waals surface area contributed by atoms with Gasteiger partial charge in [0.1, 0.15) is 5.69 Å². The number of hydrogen-bond donors (Lipinski definition) is 2. The smallest absolute Gasteiger partial charge is 0.274 e. The number of nitrogens with zero attached hydrogens (tertiary/aromatic N) is 5. The molecule has 0 aliphatic carbocycles. The van der Waals surface area contributed by atoms with Crippen LogP contribution in [-0.2, 0) is 13.0 Å². The average Bonchev–Trinajstić information content (AvgIpc) is 3.42. The number of carbonyl (C=O) groups excluding carboxylic acids is 2. The molecule has 0 unspecified atom stereocenters. The number of H-pyrrole nitrogens is 2. The first-order chi connectivity index (χ1) is 15.6. The molecule has 1 aromatic carbocycles. The summed E-state index contributed by atoms with van der Waals surface area (Å²) in [5, 5.41) is 14.5. The number of benzene rings is 1. The van der Waals surface area contributed by atoms with E-state index >= 15 is 0 Å². The molecule has 2 aliphatic heterocycles. The van der Waals surface area contributed by atoms with E-state index in [-0.39, 0.29) is 11.8 Å². The first-order valence-corrected chi connectivity index (χ1v) is 11.0. The molecule has 166 valence electrons. The van der Waals surface area contributed by atoms with E-state index in [1.165, 1.54) is 0 Å². The van der Waals surface area contributed by atoms with Gasteiger partial charge >= 0.3 is 0 Å². The second-order valence-corrected chi connectivity index (χ2v) is 8.49. The van der Waals surface area contributed by atoms with Crippen LogP contribution in [0.1, 0.15) is 38.7 Å². The molecule has 0 saturated carbocycles. The lowest BCUT2D eigenvalue weighted by molar-refractivity contribution is 0.0726. The highest BCUT2D eigenvalue weighted by Crippen LogP contribution is 2.24. The van der Waals surface area contributed by atoms with Gasteiger partial charge in [0.25, 0.3) is 11.8 Å². The van der Waals surface area contributed by atoms with E-state index in [9.17, 15) is 9.59 Å². The standard InChI is InChI=1S/C23H27N7O2/c1-28-9-5-10-29(13-12-28)23(32)21-17-8-11-30(15-20(17)26-27-21)22(31)19-14-18(24-25-19)16-6-3-2-4-7-16/h2-4,6-7,14H,5,8-13,15H2,1H3,(H,24,25)(H,26,27). The Morgan fingerprint density at radius 2 is 1.75 bits per heavy atom. The van der Waals surface area contributed by atoms with Crippen LogP contribution in [0, 0.1) is 0 Å². The van der Waals surface area contributed by atoms with Gasteiger partial charge in [0, 0.05) is 37.3 Å². The maximum Gasteiger partial charge on any atom is 0.274 e. The molecule has 4 heterocycles. The van der Waals surface area contributed by atoms with Gasteiger partial charge in [0.05, 0.1) is 17.9 Å². The summed E-state index contributed by atoms with van der Waals surface area (Å²) in [6.45, 7) is 4.27. The zero-order chi connectivity index (χ0) is 22.1. The third-order valence-electron chi connectivity index (χ3n) is 6.31. The third-order valence-corrected chi connectivity index (χ3v) is 6.31. The minimum absolute atomic E-state index is 0.0151. The first kappa shape index (κ1) is 20.4. The van der Waals surface area contributed by atoms with Gasteiger partial charge in [-0.1, -0.05) is 30.3 Å². The molecular weight excluding hydrogens is 406 g/mol. The molecule has 2 aliphatic rings. The van der Waals surface area contributed by atoms with Gasteiger partial charge in [-0.2, -0.15) is 10.2 Å². The second kappa shape index (κ2) is 8.58. The number of nitrogens with one attached hydrogen (secondary N) is 2. The molecule has 2 N–H and O–H groups in total. The van der Waals surface area contributed by atoms with Crippen LogP contribution in [0.15, 0.2) is 36.4 Å². The fourth-order valence-electron chi connectivity index (χ4n) is 4.43. The Morgan fingerprint density at radius 3 is 2.59 bits per heavy atom. The van der Waals surface area contributed by atoms with Crippen molar-refractivity contribution in [3.8, 4) is 11.3 Å². The molecule has 32 heavy (non-hydrogen) atoms. The van der Waals surface area contributed by atoms with Crippen molar-refractivity contribution in [2.45, 2.75) is 19.4 Å². The van der Waals surface area contributed by atoms with Crippen molar-refractivity contribution in [2.75, 3.05) is 39.8 Å². The van der Waals surface area contributed by atoms with Gasteiger partial charge in [-0.05, 0) is 32.5 Å². The van der Waals surface area contributed by atoms with Crippen LogP contribution in [0.4, 0.5) is 0 Å². The minimum atomic E-state index is -0.108. The van der Waals surface area contributed by atoms with Crippen molar-refractivity contribution in [1.82, 2.24) is 35.1 Å². The molecular formula is C23H27N7O2. The average molecular weight is 434 g/mol. The molecule has 0 bridgehead atoms. The van der Waals surface area contributed by atoms with Crippen LogP contribution in [-0.4, -0.2) is 86.7 Å². The largest absolute Gasteiger partial charge is 0.336 e. The highest BCUT2D eigenvalue weighted by atomic mass is 16.2. The molecule has 2 amide bonds. The predicted molar refractivity (Wildman–Crippen MR) is 119 cm³/mol. The number of amides is 2. The fourth-order valence-corrected chi connectivity index (χ4v) is 4.43. The molecule has 1 saturated heterocycles. The Morgan fingerprint density at radius 1 is 0.906 bits per heavy atom. The van der Waals surface area contributed by atoms with E-state index in [0.717, 1.165) is 48.6 Å². The Bertz CT molecular complexity index is 1120. The van der Waals surface area contributed by atoms with Gasteiger partial charge in [0.15, 0.2) is 5.69 Å². The van der Waals surface area contributed by atoms with Crippen LogP contribution in [0.5, 0.6) is 0 Å². The normalized spacial score (nSPS) is 17.2. The van der Waals surface area contributed by atoms with Crippen molar-refractivity contribution < 1.29 is 9.59 Å². The summed E-state index contributed by atoms with van der Waals surface area (Å²) < 4.78 is 0. The number of carbonyl (C=O) groups is 2. The summed E-state index contributed by atoms with van der Waals surface area (Å²) in [6.07, 6.45) is 1.57. The van der Waals surface area contributed by atoms with Crippen LogP contribution in [0.3, 0.4) is 0 Å². The molecule has 3 aromatic rings. The molecule has 0 spiro atoms. The monoisotopic (exact) mass is 433 g/mol. The van der Waals surface area contributed by atoms with Crippen LogP contribution < -0.4 is 0 Å². The van der Waals surface area contributed by atoms with Crippen molar-refractivity contribution >= 4 is 11.8 Å². The summed E-state index contributed by atoms with van der Waals surface area (Å²) in [5.41, 5.74) is 4.43. The van der Waals surface area contributed by atoms with Crippen molar-refractivity contribution in [3.05, 3.63) is 59.0 Å². The molecule has 0 atom stereocenters. The Hall–Kier alpha value is -3.46. The topological polar surface area (TPSA) is 101 Å². The lowest BCUT2D eigenvalue weighted by Crippen LogP contribution is -2.38. The maximum absolute atomic E-state index is 13.1. The van der Waals surface area contributed by atoms with Crippen LogP contribution >= 0.6 is 0 Å². The van der Waals surface area contributed by atoms with E-state index in [0.29, 0.717) is 37.4 Å². The van der Waals surface area contributed by atoms with E-state index in [1.54, 1.807) is 11.0 Å². The second-order valence-electron chi connectivity index (χ2n) is 8.49. The van der Waals surface area contributed by atoms with Crippen molar-refractivity contribution in [3.63, 3.8) is 0 Å². The van der Waals surface area contributed by atoms with Crippen molar-refractivity contribution in [1.29, 1.82) is 0 Å². The third kappa shape index (κ3) is 3.91. The van der Waals surface area contributed by atoms with E-state index in [2.05, 4.69) is 32.3 Å². The number of likely N-dealkylation sites (N-methyl/N-ethyl adjacent to an activating group) is 1. The lowest BCUT2D eigenvalue weighted by Gasteiger charge is -2.27. The van der Waals surface area contributed by atoms with Crippen LogP contribution in [0.2, 0.25) is 0 Å². The van der Waals surface area contributed by atoms with Gasteiger partial charge in [-0.15, -0.1) is 0 Å². The SMILES string of the molecule is CN1CCCN(C(=O)c2n[nH]c3c2CCN(C(=O)c2cc(-c4ccccc4)n[nH]2)C3)CC1. The predicted octanol–water partition coefficient (Wildman–Crippen LogP) is 1.78. The molecule has 0 radical (unpaired) electrons. The zero-order valence-corrected chi connectivity index (χ0v) is 18.2. The summed E-state index contributed by atoms with van der Waals surface area (Å²) in [6, 6.07) is 11.5. The molecule has 5 rings (SSSR count). The Balaban J connectivity index is 1.29. The highest BCUT2D eigenvalue weighted by Gasteiger charge is 2.30. The van der Waals surface area contributed by atoms with Gasteiger partial charge in [0.2, 0.25) is 0 Å². The fraction of sp³-hybridized carbons (Fsp3) is 0.391. The summed E-state index contributed by atoms with van der Waals surface area (Å²) in [4.78, 5) is 32.1. The van der Waals surface area contributed by atoms with Crippen molar-refractivity contribution in [2.24, 2.45) is 0 Å². The Labute approximate surface area is 186 Å². The number of aromatic nitrogens is 4. The maximum atomic E-state index is 13.1. The summed E-state index contributed by atoms with van der Waals surface area (Å²) in [5.74, 6) is -0.123. The molecule has 9 nitrogen and oxygen atoms in total. The minimum Gasteiger partial charge on any atom is -0.336 e. The van der Waals surface area contributed by atoms with E-state index < -0.39 is 0 Å². The zero-order valence-electron chi connectivity index (χ0n) is 18.2. The first-order valence-electron chi connectivity index (χ1n) is 11.0. The van der Waals surface area contributed by atoms with E-state index in [1.807, 2.05) is 35.2 Å². The molecule has 2 aromatic heterocycles. The quantitative estimate of drug-likeness (QED) is 0.656. The van der Waals surface area contributed by atoms with E-state index in [4.69, 9.17) is 0 Å². The van der Waals surface area contributed by atoms with Gasteiger partial charge in [-0.3, -0.25) is 19.8 Å². The van der Waals surface area contributed by atoms with Gasteiger partial charge in [-0.25, -0.2) is 0 Å². The van der Waals surface area contributed by atoms with Crippen LogP contribution in [0.25, 0.3) is 11.3 Å². The summed E-state index contributed by atoms with van der Waals surface area (Å²) in [7, 11) is 2.08. The number of rotatable bonds is 3. The highest BCUT2D eigenvalue weighted by molar-refractivity contribution is 5.95.